The fourth-order valence-electron chi connectivity index (χ4n) is 0.408. The van der Waals surface area contributed by atoms with Gasteiger partial charge in [-0.3, -0.25) is 0 Å². The second-order valence-electron chi connectivity index (χ2n) is 1.21. The maximum atomic E-state index is 4.64. The molecule has 0 fully saturated rings. The monoisotopic (exact) mass is 273 g/mol. The molecule has 4 heteroatoms. The predicted molar refractivity (Wildman–Crippen MR) is 57.2 cm³/mol. The van der Waals surface area contributed by atoms with E-state index < -0.39 is 0 Å². The summed E-state index contributed by atoms with van der Waals surface area (Å²) in [5, 5.41) is 0. The first-order valence-corrected chi connectivity index (χ1v) is 5.77. The molecule has 1 aliphatic rings. The van der Waals surface area contributed by atoms with E-state index >= 15 is 0 Å². The van der Waals surface area contributed by atoms with Crippen LogP contribution in [0.1, 0.15) is 6.42 Å². The molecule has 0 nitrogen and oxygen atoms in total. The van der Waals surface area contributed by atoms with Gasteiger partial charge in [0, 0.05) is 19.1 Å². The molecule has 0 amide bonds. The summed E-state index contributed by atoms with van der Waals surface area (Å²) < 4.78 is 1.09. The Hall–Kier alpha value is 0.844. The second-order valence-corrected chi connectivity index (χ2v) is 1.84. The number of halogens is 3. The van der Waals surface area contributed by atoms with Crippen LogP contribution in [0.2, 0.25) is 0 Å². The van der Waals surface area contributed by atoms with Crippen LogP contribution in [0.15, 0.2) is 22.8 Å². The minimum absolute atomic E-state index is 1.00. The van der Waals surface area contributed by atoms with E-state index in [1.807, 2.05) is 12.2 Å². The molecule has 0 radical (unpaired) electrons. The Kier molecular flexibility index (Phi) is 35.1. The summed E-state index contributed by atoms with van der Waals surface area (Å²) in [6, 6.07) is 0. The van der Waals surface area contributed by atoms with Gasteiger partial charge < -0.3 is 0 Å². The van der Waals surface area contributed by atoms with Crippen molar-refractivity contribution in [2.24, 2.45) is 0 Å². The van der Waals surface area contributed by atoms with Crippen molar-refractivity contribution in [3.05, 3.63) is 22.8 Å². The standard InChI is InChI=1S/C5H5.3CH3Cl.Ni/c1-2-4-5-3-1;3*1-2;/h1-3H,4H2;3*1H3;. The van der Waals surface area contributed by atoms with E-state index in [1.54, 1.807) is 0 Å². The first-order chi connectivity index (χ1) is 5.89. The van der Waals surface area contributed by atoms with Crippen LogP contribution in [0.3, 0.4) is 0 Å². The van der Waals surface area contributed by atoms with Crippen molar-refractivity contribution in [2.75, 3.05) is 19.1 Å². The molecule has 1 rings (SSSR count). The van der Waals surface area contributed by atoms with Gasteiger partial charge in [-0.05, 0) is 0 Å². The van der Waals surface area contributed by atoms with Crippen LogP contribution in [0, 0.1) is 0 Å². The minimum atomic E-state index is 1.00. The third kappa shape index (κ3) is 17.1. The summed E-state index contributed by atoms with van der Waals surface area (Å²) >= 11 is 18.5. The zero-order valence-corrected chi connectivity index (χ0v) is 10.6. The normalized spacial score (nSPS) is 10.8. The second kappa shape index (κ2) is 22.6. The van der Waals surface area contributed by atoms with E-state index in [9.17, 15) is 0 Å². The van der Waals surface area contributed by atoms with Crippen LogP contribution in [-0.4, -0.2) is 19.1 Å². The van der Waals surface area contributed by atoms with Crippen molar-refractivity contribution in [3.8, 4) is 0 Å². The van der Waals surface area contributed by atoms with Gasteiger partial charge in [0.1, 0.15) is 0 Å². The third-order valence-electron chi connectivity index (χ3n) is 0.703. The number of hydrogen-bond donors (Lipinski definition) is 0. The molecule has 0 atom stereocenters. The Balaban J connectivity index is -0.000000117. The summed E-state index contributed by atoms with van der Waals surface area (Å²) in [7, 11) is 0. The van der Waals surface area contributed by atoms with Crippen LogP contribution in [-0.2, 0) is 15.5 Å². The van der Waals surface area contributed by atoms with Crippen molar-refractivity contribution in [1.29, 1.82) is 0 Å². The quantitative estimate of drug-likeness (QED) is 0.464. The average molecular weight is 275 g/mol. The van der Waals surface area contributed by atoms with Gasteiger partial charge in [0.05, 0.1) is 0 Å². The molecule has 0 aromatic heterocycles. The molecule has 0 saturated carbocycles. The summed E-state index contributed by atoms with van der Waals surface area (Å²) in [5.41, 5.74) is 0. The molecule has 0 aliphatic heterocycles. The molecule has 0 heterocycles. The molecule has 0 saturated heterocycles. The Morgan fingerprint density at radius 1 is 1.08 bits per heavy atom. The average Bonchev–Trinajstić information content (AvgIpc) is 2.66. The molecule has 0 bridgehead atoms. The Morgan fingerprint density at radius 3 is 1.58 bits per heavy atom. The molecule has 1 aliphatic carbocycles. The third-order valence-corrected chi connectivity index (χ3v) is 1.07. The van der Waals surface area contributed by atoms with Crippen LogP contribution in [0.25, 0.3) is 0 Å². The van der Waals surface area contributed by atoms with Gasteiger partial charge in [0.2, 0.25) is 0 Å². The summed E-state index contributed by atoms with van der Waals surface area (Å²) in [6.07, 6.45) is 11.5. The fraction of sp³-hybridized carbons (Fsp3) is 0.500. The Labute approximate surface area is 98.3 Å². The maximum absolute atomic E-state index is 4.64. The van der Waals surface area contributed by atoms with Crippen molar-refractivity contribution >= 4 is 34.8 Å². The summed E-state index contributed by atoms with van der Waals surface area (Å²) in [6.45, 7) is 0. The molecule has 77 valence electrons. The van der Waals surface area contributed by atoms with Gasteiger partial charge in [0.25, 0.3) is 0 Å². The van der Waals surface area contributed by atoms with Crippen LogP contribution in [0.5, 0.6) is 0 Å². The molecule has 0 N–H and O–H groups in total. The summed E-state index contributed by atoms with van der Waals surface area (Å²) in [4.78, 5) is 0. The Morgan fingerprint density at radius 2 is 1.50 bits per heavy atom. The first kappa shape index (κ1) is 18.6. The van der Waals surface area contributed by atoms with Crippen molar-refractivity contribution in [1.82, 2.24) is 0 Å². The molecular formula is C8H14Cl3Ni. The van der Waals surface area contributed by atoms with Crippen LogP contribution < -0.4 is 0 Å². The van der Waals surface area contributed by atoms with Crippen LogP contribution in [0.4, 0.5) is 0 Å². The number of hydrogen-bond acceptors (Lipinski definition) is 0. The molecule has 12 heavy (non-hydrogen) atoms. The van der Waals surface area contributed by atoms with Crippen molar-refractivity contribution in [3.63, 3.8) is 0 Å². The van der Waals surface area contributed by atoms with Gasteiger partial charge in [0.15, 0.2) is 0 Å². The molecular weight excluding hydrogens is 261 g/mol. The molecule has 0 aromatic rings. The first-order valence-electron chi connectivity index (χ1n) is 3.01. The van der Waals surface area contributed by atoms with E-state index in [0.29, 0.717) is 0 Å². The van der Waals surface area contributed by atoms with E-state index in [-0.39, 0.29) is 0 Å². The predicted octanol–water partition coefficient (Wildman–Crippen LogP) is 3.94. The molecule has 0 spiro atoms. The van der Waals surface area contributed by atoms with Gasteiger partial charge >= 0.3 is 44.7 Å². The van der Waals surface area contributed by atoms with E-state index in [2.05, 4.69) is 56.3 Å². The van der Waals surface area contributed by atoms with Gasteiger partial charge in [-0.2, -0.15) is 0 Å². The van der Waals surface area contributed by atoms with Gasteiger partial charge in [-0.1, -0.05) is 0 Å². The zero-order chi connectivity index (χ0) is 10.4. The van der Waals surface area contributed by atoms with E-state index in [1.165, 1.54) is 19.1 Å². The molecule has 0 aromatic carbocycles. The van der Waals surface area contributed by atoms with Crippen molar-refractivity contribution in [2.45, 2.75) is 6.42 Å². The van der Waals surface area contributed by atoms with E-state index in [4.69, 9.17) is 0 Å². The number of rotatable bonds is 0. The fourth-order valence-corrected chi connectivity index (χ4v) is 0.619. The number of allylic oxidation sites excluding steroid dienone is 4. The van der Waals surface area contributed by atoms with Crippen molar-refractivity contribution < 1.29 is 15.5 Å². The SMILES string of the molecule is CCl.CCl.CCl.[Ni][C]1=CC=CC1. The molecule has 0 unspecified atom stereocenters. The zero-order valence-electron chi connectivity index (χ0n) is 7.39. The van der Waals surface area contributed by atoms with Crippen LogP contribution >= 0.6 is 34.8 Å². The number of alkyl halides is 3. The topological polar surface area (TPSA) is 0 Å². The van der Waals surface area contributed by atoms with Gasteiger partial charge in [-0.25, -0.2) is 0 Å². The van der Waals surface area contributed by atoms with E-state index in [0.717, 1.165) is 11.0 Å². The summed E-state index contributed by atoms with van der Waals surface area (Å²) in [5.74, 6) is 0. The van der Waals surface area contributed by atoms with Gasteiger partial charge in [-0.15, -0.1) is 34.8 Å². The Bertz CT molecular complexity index is 111.